The molecule has 1 amide bonds. The van der Waals surface area contributed by atoms with E-state index in [9.17, 15) is 9.90 Å². The molecular weight excluding hydrogens is 268 g/mol. The Hall–Kier alpha value is -1.43. The molecule has 1 aromatic rings. The van der Waals surface area contributed by atoms with E-state index in [1.165, 1.54) is 5.56 Å². The van der Waals surface area contributed by atoms with Crippen LogP contribution in [-0.2, 0) is 16.1 Å². The second-order valence-electron chi connectivity index (χ2n) is 6.11. The summed E-state index contributed by atoms with van der Waals surface area (Å²) in [5, 5.41) is 12.0. The standard InChI is InChI=1S/C16H24N2O3/c1-16(2,12-19)17-15(20)14-11-18(8-9-21-14)10-13-6-4-3-5-7-13/h3-7,14,19H,8-12H2,1-2H3,(H,17,20). The average Bonchev–Trinajstić information content (AvgIpc) is 2.48. The maximum Gasteiger partial charge on any atom is 0.250 e. The molecule has 1 atom stereocenters. The molecule has 116 valence electrons. The molecule has 1 saturated heterocycles. The molecular formula is C16H24N2O3. The van der Waals surface area contributed by atoms with E-state index >= 15 is 0 Å². The van der Waals surface area contributed by atoms with Gasteiger partial charge in [-0.2, -0.15) is 0 Å². The quantitative estimate of drug-likeness (QED) is 0.842. The van der Waals surface area contributed by atoms with Crippen LogP contribution in [0.4, 0.5) is 0 Å². The molecule has 0 spiro atoms. The first-order valence-electron chi connectivity index (χ1n) is 7.31. The summed E-state index contributed by atoms with van der Waals surface area (Å²) in [6.45, 7) is 6.23. The smallest absolute Gasteiger partial charge is 0.250 e. The van der Waals surface area contributed by atoms with Crippen molar-refractivity contribution in [2.24, 2.45) is 0 Å². The monoisotopic (exact) mass is 292 g/mol. The molecule has 1 aromatic carbocycles. The van der Waals surface area contributed by atoms with E-state index in [2.05, 4.69) is 22.3 Å². The topological polar surface area (TPSA) is 61.8 Å². The molecule has 1 heterocycles. The Morgan fingerprint density at radius 3 is 2.81 bits per heavy atom. The van der Waals surface area contributed by atoms with E-state index in [1.807, 2.05) is 18.2 Å². The first-order chi connectivity index (χ1) is 10.00. The number of aliphatic hydroxyl groups is 1. The summed E-state index contributed by atoms with van der Waals surface area (Å²) in [4.78, 5) is 14.4. The minimum atomic E-state index is -0.623. The molecule has 21 heavy (non-hydrogen) atoms. The van der Waals surface area contributed by atoms with Crippen LogP contribution in [0.25, 0.3) is 0 Å². The molecule has 2 rings (SSSR count). The third-order valence-electron chi connectivity index (χ3n) is 3.55. The normalized spacial score (nSPS) is 20.2. The predicted octanol–water partition coefficient (Wildman–Crippen LogP) is 0.774. The number of ether oxygens (including phenoxy) is 1. The highest BCUT2D eigenvalue weighted by molar-refractivity contribution is 5.81. The molecule has 1 fully saturated rings. The number of nitrogens with one attached hydrogen (secondary N) is 1. The zero-order valence-electron chi connectivity index (χ0n) is 12.7. The van der Waals surface area contributed by atoms with E-state index in [0.29, 0.717) is 13.2 Å². The van der Waals surface area contributed by atoms with Gasteiger partial charge in [0.25, 0.3) is 5.91 Å². The van der Waals surface area contributed by atoms with Gasteiger partial charge in [0.2, 0.25) is 0 Å². The van der Waals surface area contributed by atoms with Crippen LogP contribution in [0, 0.1) is 0 Å². The van der Waals surface area contributed by atoms with Crippen molar-refractivity contribution in [3.8, 4) is 0 Å². The lowest BCUT2D eigenvalue weighted by atomic mass is 10.1. The molecule has 0 aliphatic carbocycles. The maximum absolute atomic E-state index is 12.2. The number of carbonyl (C=O) groups excluding carboxylic acids is 1. The molecule has 0 bridgehead atoms. The van der Waals surface area contributed by atoms with Crippen LogP contribution in [0.15, 0.2) is 30.3 Å². The summed E-state index contributed by atoms with van der Waals surface area (Å²) in [7, 11) is 0. The van der Waals surface area contributed by atoms with Crippen LogP contribution in [0.5, 0.6) is 0 Å². The van der Waals surface area contributed by atoms with Crippen molar-refractivity contribution >= 4 is 5.91 Å². The fraction of sp³-hybridized carbons (Fsp3) is 0.562. The van der Waals surface area contributed by atoms with Gasteiger partial charge in [-0.25, -0.2) is 0 Å². The summed E-state index contributed by atoms with van der Waals surface area (Å²) in [5.41, 5.74) is 0.608. The van der Waals surface area contributed by atoms with Gasteiger partial charge in [-0.15, -0.1) is 0 Å². The summed E-state index contributed by atoms with van der Waals surface area (Å²) < 4.78 is 5.56. The largest absolute Gasteiger partial charge is 0.394 e. The van der Waals surface area contributed by atoms with Crippen molar-refractivity contribution < 1.29 is 14.6 Å². The Kier molecular flexibility index (Phi) is 5.33. The lowest BCUT2D eigenvalue weighted by molar-refractivity contribution is -0.141. The van der Waals surface area contributed by atoms with E-state index in [1.54, 1.807) is 13.8 Å². The van der Waals surface area contributed by atoms with Gasteiger partial charge in [-0.1, -0.05) is 30.3 Å². The zero-order valence-corrected chi connectivity index (χ0v) is 12.7. The highest BCUT2D eigenvalue weighted by Gasteiger charge is 2.30. The summed E-state index contributed by atoms with van der Waals surface area (Å²) in [5.74, 6) is -0.160. The van der Waals surface area contributed by atoms with Crippen LogP contribution in [0.2, 0.25) is 0 Å². The van der Waals surface area contributed by atoms with Crippen LogP contribution < -0.4 is 5.32 Å². The summed E-state index contributed by atoms with van der Waals surface area (Å²) in [6.07, 6.45) is -0.478. The number of hydrogen-bond donors (Lipinski definition) is 2. The molecule has 5 nitrogen and oxygen atoms in total. The van der Waals surface area contributed by atoms with Gasteiger partial charge in [0.15, 0.2) is 0 Å². The second kappa shape index (κ2) is 7.02. The molecule has 5 heteroatoms. The Morgan fingerprint density at radius 2 is 2.14 bits per heavy atom. The van der Waals surface area contributed by atoms with Gasteiger partial charge >= 0.3 is 0 Å². The van der Waals surface area contributed by atoms with Crippen LogP contribution >= 0.6 is 0 Å². The number of aliphatic hydroxyl groups excluding tert-OH is 1. The molecule has 1 aliphatic heterocycles. The summed E-state index contributed by atoms with van der Waals surface area (Å²) in [6, 6.07) is 10.2. The van der Waals surface area contributed by atoms with Crippen molar-refractivity contribution in [1.29, 1.82) is 0 Å². The molecule has 2 N–H and O–H groups in total. The fourth-order valence-electron chi connectivity index (χ4n) is 2.30. The van der Waals surface area contributed by atoms with Gasteiger partial charge in [-0.05, 0) is 19.4 Å². The van der Waals surface area contributed by atoms with Crippen LogP contribution in [0.3, 0.4) is 0 Å². The number of carbonyl (C=O) groups is 1. The predicted molar refractivity (Wildman–Crippen MR) is 80.8 cm³/mol. The van der Waals surface area contributed by atoms with Crippen molar-refractivity contribution in [2.75, 3.05) is 26.3 Å². The van der Waals surface area contributed by atoms with E-state index < -0.39 is 11.6 Å². The van der Waals surface area contributed by atoms with Crippen molar-refractivity contribution in [2.45, 2.75) is 32.0 Å². The van der Waals surface area contributed by atoms with Crippen LogP contribution in [-0.4, -0.2) is 53.9 Å². The zero-order chi connectivity index (χ0) is 15.3. The number of amides is 1. The lowest BCUT2D eigenvalue weighted by Gasteiger charge is -2.34. The van der Waals surface area contributed by atoms with Gasteiger partial charge in [-0.3, -0.25) is 9.69 Å². The fourth-order valence-corrected chi connectivity index (χ4v) is 2.30. The SMILES string of the molecule is CC(C)(CO)NC(=O)C1CN(Cc2ccccc2)CCO1. The Bertz CT molecular complexity index is 462. The van der Waals surface area contributed by atoms with Crippen molar-refractivity contribution in [3.05, 3.63) is 35.9 Å². The van der Waals surface area contributed by atoms with Gasteiger partial charge in [0.05, 0.1) is 18.8 Å². The lowest BCUT2D eigenvalue weighted by Crippen LogP contribution is -2.55. The van der Waals surface area contributed by atoms with Gasteiger partial charge < -0.3 is 15.2 Å². The highest BCUT2D eigenvalue weighted by Crippen LogP contribution is 2.11. The van der Waals surface area contributed by atoms with Gasteiger partial charge in [0, 0.05) is 19.6 Å². The third kappa shape index (κ3) is 4.81. The van der Waals surface area contributed by atoms with E-state index in [4.69, 9.17) is 4.74 Å². The third-order valence-corrected chi connectivity index (χ3v) is 3.55. The van der Waals surface area contributed by atoms with Crippen LogP contribution in [0.1, 0.15) is 19.4 Å². The van der Waals surface area contributed by atoms with Gasteiger partial charge in [0.1, 0.15) is 6.10 Å². The molecule has 0 aromatic heterocycles. The minimum absolute atomic E-state index is 0.0980. The number of morpholine rings is 1. The second-order valence-corrected chi connectivity index (χ2v) is 6.11. The van der Waals surface area contributed by atoms with Crippen molar-refractivity contribution in [3.63, 3.8) is 0 Å². The molecule has 0 saturated carbocycles. The minimum Gasteiger partial charge on any atom is -0.394 e. The van der Waals surface area contributed by atoms with E-state index in [-0.39, 0.29) is 12.5 Å². The molecule has 1 aliphatic rings. The highest BCUT2D eigenvalue weighted by atomic mass is 16.5. The van der Waals surface area contributed by atoms with Crippen molar-refractivity contribution in [1.82, 2.24) is 10.2 Å². The Balaban J connectivity index is 1.90. The summed E-state index contributed by atoms with van der Waals surface area (Å²) >= 11 is 0. The Labute approximate surface area is 125 Å². The number of benzene rings is 1. The average molecular weight is 292 g/mol. The molecule has 1 unspecified atom stereocenters. The number of rotatable bonds is 5. The molecule has 0 radical (unpaired) electrons. The van der Waals surface area contributed by atoms with E-state index in [0.717, 1.165) is 13.1 Å². The first kappa shape index (κ1) is 15.9. The number of nitrogens with zero attached hydrogens (tertiary/aromatic N) is 1. The maximum atomic E-state index is 12.2. The number of hydrogen-bond acceptors (Lipinski definition) is 4. The Morgan fingerprint density at radius 1 is 1.43 bits per heavy atom. The first-order valence-corrected chi connectivity index (χ1v) is 7.31.